The molecule has 0 radical (unpaired) electrons. The van der Waals surface area contributed by atoms with E-state index in [1.807, 2.05) is 4.90 Å². The van der Waals surface area contributed by atoms with E-state index >= 15 is 0 Å². The molecule has 1 amide bonds. The van der Waals surface area contributed by atoms with Gasteiger partial charge < -0.3 is 10.6 Å². The second kappa shape index (κ2) is 7.01. The van der Waals surface area contributed by atoms with Gasteiger partial charge in [0.1, 0.15) is 0 Å². The largest absolute Gasteiger partial charge is 0.340 e. The van der Waals surface area contributed by atoms with Gasteiger partial charge in [0.15, 0.2) is 0 Å². The fourth-order valence-electron chi connectivity index (χ4n) is 4.04. The molecule has 1 unspecified atom stereocenters. The molecule has 1 saturated heterocycles. The highest BCUT2D eigenvalue weighted by atomic mass is 35.5. The molecule has 1 aromatic rings. The Balaban J connectivity index is 0.00000176. The molecule has 1 aliphatic carbocycles. The van der Waals surface area contributed by atoms with Crippen LogP contribution in [0, 0.1) is 6.92 Å². The summed E-state index contributed by atoms with van der Waals surface area (Å²) in [5.74, 6) is 0.320. The van der Waals surface area contributed by atoms with E-state index in [1.54, 1.807) is 0 Å². The molecule has 0 bridgehead atoms. The summed E-state index contributed by atoms with van der Waals surface area (Å²) in [6, 6.07) is 8.68. The molecule has 1 saturated carbocycles. The van der Waals surface area contributed by atoms with Crippen molar-refractivity contribution < 1.29 is 4.79 Å². The Hall–Kier alpha value is -1.06. The fourth-order valence-corrected chi connectivity index (χ4v) is 4.04. The predicted molar refractivity (Wildman–Crippen MR) is 92.4 cm³/mol. The van der Waals surface area contributed by atoms with E-state index in [1.165, 1.54) is 11.1 Å². The molecule has 1 aromatic carbocycles. The van der Waals surface area contributed by atoms with E-state index in [4.69, 9.17) is 5.73 Å². The van der Waals surface area contributed by atoms with Crippen molar-refractivity contribution in [3.05, 3.63) is 35.4 Å². The highest BCUT2D eigenvalue weighted by molar-refractivity contribution is 5.89. The molecule has 2 fully saturated rings. The van der Waals surface area contributed by atoms with Crippen molar-refractivity contribution in [2.75, 3.05) is 13.1 Å². The van der Waals surface area contributed by atoms with Crippen molar-refractivity contribution in [3.63, 3.8) is 0 Å². The lowest BCUT2D eigenvalue weighted by molar-refractivity contribution is -0.138. The topological polar surface area (TPSA) is 46.3 Å². The molecule has 0 aromatic heterocycles. The quantitative estimate of drug-likeness (QED) is 0.909. The maximum absolute atomic E-state index is 13.3. The Bertz CT molecular complexity index is 526. The zero-order valence-corrected chi connectivity index (χ0v) is 14.2. The first kappa shape index (κ1) is 17.3. The van der Waals surface area contributed by atoms with Crippen LogP contribution >= 0.6 is 12.4 Å². The van der Waals surface area contributed by atoms with Gasteiger partial charge in [-0.3, -0.25) is 4.79 Å². The van der Waals surface area contributed by atoms with Crippen molar-refractivity contribution >= 4 is 18.3 Å². The molecule has 3 rings (SSSR count). The number of carbonyl (C=O) groups is 1. The maximum Gasteiger partial charge on any atom is 0.233 e. The van der Waals surface area contributed by atoms with E-state index in [-0.39, 0.29) is 23.9 Å². The fraction of sp³-hybridized carbons (Fsp3) is 0.611. The molecule has 3 nitrogen and oxygen atoms in total. The minimum absolute atomic E-state index is 0. The van der Waals surface area contributed by atoms with Gasteiger partial charge >= 0.3 is 0 Å². The van der Waals surface area contributed by atoms with Crippen molar-refractivity contribution in [2.24, 2.45) is 5.73 Å². The number of aryl methyl sites for hydroxylation is 1. The SMILES string of the molecule is Cc1cccc(C2(C(=O)N3CCCC(N)C3)CCCC2)c1.Cl. The van der Waals surface area contributed by atoms with E-state index < -0.39 is 0 Å². The minimum atomic E-state index is -0.289. The van der Waals surface area contributed by atoms with Gasteiger partial charge in [0, 0.05) is 19.1 Å². The van der Waals surface area contributed by atoms with Gasteiger partial charge in [0.05, 0.1) is 5.41 Å². The number of rotatable bonds is 2. The zero-order valence-electron chi connectivity index (χ0n) is 13.4. The molecule has 1 atom stereocenters. The number of hydrogen-bond donors (Lipinski definition) is 1. The number of hydrogen-bond acceptors (Lipinski definition) is 2. The molecule has 0 spiro atoms. The number of amides is 1. The lowest BCUT2D eigenvalue weighted by Gasteiger charge is -2.38. The number of nitrogens with two attached hydrogens (primary N) is 1. The summed E-state index contributed by atoms with van der Waals surface area (Å²) in [6.45, 7) is 3.71. The normalized spacial score (nSPS) is 23.9. The first-order chi connectivity index (χ1) is 10.1. The first-order valence-corrected chi connectivity index (χ1v) is 8.24. The molecule has 4 heteroatoms. The van der Waals surface area contributed by atoms with Crippen LogP contribution in [0.1, 0.15) is 49.7 Å². The first-order valence-electron chi connectivity index (χ1n) is 8.24. The number of benzene rings is 1. The van der Waals surface area contributed by atoms with E-state index in [9.17, 15) is 4.79 Å². The van der Waals surface area contributed by atoms with Crippen molar-refractivity contribution in [2.45, 2.75) is 56.9 Å². The van der Waals surface area contributed by atoms with Gasteiger partial charge in [0.25, 0.3) is 0 Å². The average Bonchev–Trinajstić information content (AvgIpc) is 2.97. The van der Waals surface area contributed by atoms with Crippen LogP contribution in [0.4, 0.5) is 0 Å². The Morgan fingerprint density at radius 1 is 1.27 bits per heavy atom. The van der Waals surface area contributed by atoms with Gasteiger partial charge in [-0.25, -0.2) is 0 Å². The number of piperidine rings is 1. The highest BCUT2D eigenvalue weighted by Crippen LogP contribution is 2.43. The number of carbonyl (C=O) groups excluding carboxylic acids is 1. The summed E-state index contributed by atoms with van der Waals surface area (Å²) in [5, 5.41) is 0. The van der Waals surface area contributed by atoms with Gasteiger partial charge in [-0.1, -0.05) is 42.7 Å². The van der Waals surface area contributed by atoms with Gasteiger partial charge in [-0.15, -0.1) is 12.4 Å². The summed E-state index contributed by atoms with van der Waals surface area (Å²) in [5.41, 5.74) is 8.24. The summed E-state index contributed by atoms with van der Waals surface area (Å²) < 4.78 is 0. The molecular formula is C18H27ClN2O. The third-order valence-corrected chi connectivity index (χ3v) is 5.18. The van der Waals surface area contributed by atoms with Gasteiger partial charge in [0.2, 0.25) is 5.91 Å². The summed E-state index contributed by atoms with van der Waals surface area (Å²) in [7, 11) is 0. The Labute approximate surface area is 139 Å². The van der Waals surface area contributed by atoms with Gasteiger partial charge in [-0.2, -0.15) is 0 Å². The Morgan fingerprint density at radius 3 is 2.64 bits per heavy atom. The van der Waals surface area contributed by atoms with Crippen molar-refractivity contribution in [1.29, 1.82) is 0 Å². The van der Waals surface area contributed by atoms with E-state index in [0.717, 1.165) is 51.6 Å². The maximum atomic E-state index is 13.3. The molecule has 2 N–H and O–H groups in total. The van der Waals surface area contributed by atoms with Crippen LogP contribution in [0.3, 0.4) is 0 Å². The van der Waals surface area contributed by atoms with Crippen LogP contribution in [0.25, 0.3) is 0 Å². The summed E-state index contributed by atoms with van der Waals surface area (Å²) in [6.07, 6.45) is 6.36. The van der Waals surface area contributed by atoms with E-state index in [2.05, 4.69) is 31.2 Å². The van der Waals surface area contributed by atoms with Crippen LogP contribution in [0.5, 0.6) is 0 Å². The van der Waals surface area contributed by atoms with Crippen LogP contribution in [0.2, 0.25) is 0 Å². The zero-order chi connectivity index (χ0) is 14.9. The molecule has 122 valence electrons. The smallest absolute Gasteiger partial charge is 0.233 e. The molecular weight excluding hydrogens is 296 g/mol. The Morgan fingerprint density at radius 2 is 2.00 bits per heavy atom. The predicted octanol–water partition coefficient (Wildman–Crippen LogP) is 3.18. The third kappa shape index (κ3) is 3.16. The molecule has 1 aliphatic heterocycles. The second-order valence-electron chi connectivity index (χ2n) is 6.81. The van der Waals surface area contributed by atoms with Crippen LogP contribution in [-0.2, 0) is 10.2 Å². The number of likely N-dealkylation sites (tertiary alicyclic amines) is 1. The van der Waals surface area contributed by atoms with Crippen molar-refractivity contribution in [1.82, 2.24) is 4.90 Å². The van der Waals surface area contributed by atoms with Gasteiger partial charge in [-0.05, 0) is 38.2 Å². The second-order valence-corrected chi connectivity index (χ2v) is 6.81. The standard InChI is InChI=1S/C18H26N2O.ClH/c1-14-6-4-7-15(12-14)18(9-2-3-10-18)17(21)20-11-5-8-16(19)13-20;/h4,6-7,12,16H,2-3,5,8-11,13,19H2,1H3;1H. The van der Waals surface area contributed by atoms with Crippen LogP contribution in [-0.4, -0.2) is 29.9 Å². The van der Waals surface area contributed by atoms with Crippen LogP contribution < -0.4 is 5.73 Å². The molecule has 2 aliphatic rings. The van der Waals surface area contributed by atoms with Crippen molar-refractivity contribution in [3.8, 4) is 0 Å². The third-order valence-electron chi connectivity index (χ3n) is 5.18. The lowest BCUT2D eigenvalue weighted by Crippen LogP contribution is -2.52. The average molecular weight is 323 g/mol. The minimum Gasteiger partial charge on any atom is -0.340 e. The Kier molecular flexibility index (Phi) is 5.51. The van der Waals surface area contributed by atoms with E-state index in [0.29, 0.717) is 5.91 Å². The lowest BCUT2D eigenvalue weighted by atomic mass is 9.76. The highest BCUT2D eigenvalue weighted by Gasteiger charge is 2.45. The number of halogens is 1. The molecule has 22 heavy (non-hydrogen) atoms. The molecule has 1 heterocycles. The summed E-state index contributed by atoms with van der Waals surface area (Å²) >= 11 is 0. The summed E-state index contributed by atoms with van der Waals surface area (Å²) in [4.78, 5) is 15.3. The van der Waals surface area contributed by atoms with Crippen LogP contribution in [0.15, 0.2) is 24.3 Å². The number of nitrogens with zero attached hydrogens (tertiary/aromatic N) is 1. The monoisotopic (exact) mass is 322 g/mol.